The summed E-state index contributed by atoms with van der Waals surface area (Å²) in [5, 5.41) is 3.33. The average molecular weight is 286 g/mol. The van der Waals surface area contributed by atoms with Crippen molar-refractivity contribution in [2.75, 3.05) is 25.1 Å². The average Bonchev–Trinajstić information content (AvgIpc) is 2.27. The molecule has 5 heteroatoms. The number of nitrogens with zero attached hydrogens (tertiary/aromatic N) is 2. The summed E-state index contributed by atoms with van der Waals surface area (Å²) in [6, 6.07) is 1.90. The molecule has 88 valence electrons. The van der Waals surface area contributed by atoms with Crippen LogP contribution in [0.15, 0.2) is 10.7 Å². The highest BCUT2D eigenvalue weighted by Gasteiger charge is 2.13. The highest BCUT2D eigenvalue weighted by atomic mass is 79.9. The standard InChI is InChI=1S/C11H16BrN3O/c1-8-14-10(12)5-11(15-8)13-6-9-3-2-4-16-7-9/h5,9H,2-4,6-7H2,1H3,(H,13,14,15). The molecule has 1 fully saturated rings. The smallest absolute Gasteiger partial charge is 0.130 e. The van der Waals surface area contributed by atoms with Gasteiger partial charge >= 0.3 is 0 Å². The molecule has 0 spiro atoms. The SMILES string of the molecule is Cc1nc(Br)cc(NCC2CCCOC2)n1. The molecule has 2 heterocycles. The van der Waals surface area contributed by atoms with Gasteiger partial charge in [-0.15, -0.1) is 0 Å². The number of anilines is 1. The largest absolute Gasteiger partial charge is 0.381 e. The third-order valence-corrected chi connectivity index (χ3v) is 3.04. The molecule has 0 aliphatic carbocycles. The van der Waals surface area contributed by atoms with Gasteiger partial charge in [0.2, 0.25) is 0 Å². The minimum Gasteiger partial charge on any atom is -0.381 e. The first kappa shape index (κ1) is 11.8. The molecule has 1 N–H and O–H groups in total. The van der Waals surface area contributed by atoms with E-state index in [4.69, 9.17) is 4.74 Å². The molecule has 2 rings (SSSR count). The Balaban J connectivity index is 1.88. The van der Waals surface area contributed by atoms with Crippen molar-refractivity contribution in [2.24, 2.45) is 5.92 Å². The van der Waals surface area contributed by atoms with Crippen molar-refractivity contribution < 1.29 is 4.74 Å². The second kappa shape index (κ2) is 5.59. The summed E-state index contributed by atoms with van der Waals surface area (Å²) in [5.74, 6) is 2.25. The van der Waals surface area contributed by atoms with Crippen LogP contribution in [-0.2, 0) is 4.74 Å². The Bertz CT molecular complexity index is 333. The van der Waals surface area contributed by atoms with Gasteiger partial charge in [-0.1, -0.05) is 0 Å². The molecule has 1 aliphatic rings. The molecule has 1 aromatic heterocycles. The first-order chi connectivity index (χ1) is 7.74. The number of hydrogen-bond donors (Lipinski definition) is 1. The van der Waals surface area contributed by atoms with E-state index < -0.39 is 0 Å². The molecule has 1 aliphatic heterocycles. The van der Waals surface area contributed by atoms with Crippen LogP contribution in [0.5, 0.6) is 0 Å². The number of halogens is 1. The maximum Gasteiger partial charge on any atom is 0.130 e. The quantitative estimate of drug-likeness (QED) is 0.867. The van der Waals surface area contributed by atoms with Crippen molar-refractivity contribution in [1.82, 2.24) is 9.97 Å². The normalized spacial score (nSPS) is 20.8. The monoisotopic (exact) mass is 285 g/mol. The summed E-state index contributed by atoms with van der Waals surface area (Å²) in [7, 11) is 0. The van der Waals surface area contributed by atoms with Crippen LogP contribution in [0.4, 0.5) is 5.82 Å². The van der Waals surface area contributed by atoms with E-state index >= 15 is 0 Å². The third-order valence-electron chi connectivity index (χ3n) is 2.63. The molecule has 16 heavy (non-hydrogen) atoms. The van der Waals surface area contributed by atoms with Gasteiger partial charge in [-0.2, -0.15) is 0 Å². The van der Waals surface area contributed by atoms with Crippen molar-refractivity contribution in [2.45, 2.75) is 19.8 Å². The Morgan fingerprint density at radius 1 is 1.56 bits per heavy atom. The lowest BCUT2D eigenvalue weighted by molar-refractivity contribution is 0.0595. The van der Waals surface area contributed by atoms with Crippen LogP contribution in [0, 0.1) is 12.8 Å². The van der Waals surface area contributed by atoms with E-state index in [0.29, 0.717) is 5.92 Å². The Hall–Kier alpha value is -0.680. The molecular weight excluding hydrogens is 270 g/mol. The van der Waals surface area contributed by atoms with E-state index in [1.165, 1.54) is 12.8 Å². The van der Waals surface area contributed by atoms with Crippen molar-refractivity contribution in [3.63, 3.8) is 0 Å². The third kappa shape index (κ3) is 3.42. The van der Waals surface area contributed by atoms with Gasteiger partial charge in [0.15, 0.2) is 0 Å². The number of nitrogens with one attached hydrogen (secondary N) is 1. The number of hydrogen-bond acceptors (Lipinski definition) is 4. The Morgan fingerprint density at radius 2 is 2.44 bits per heavy atom. The number of aromatic nitrogens is 2. The van der Waals surface area contributed by atoms with E-state index in [9.17, 15) is 0 Å². The van der Waals surface area contributed by atoms with Crippen molar-refractivity contribution in [1.29, 1.82) is 0 Å². The lowest BCUT2D eigenvalue weighted by atomic mass is 10.0. The fraction of sp³-hybridized carbons (Fsp3) is 0.636. The molecule has 0 radical (unpaired) electrons. The van der Waals surface area contributed by atoms with Crippen LogP contribution >= 0.6 is 15.9 Å². The lowest BCUT2D eigenvalue weighted by Gasteiger charge is -2.22. The zero-order valence-corrected chi connectivity index (χ0v) is 11.0. The van der Waals surface area contributed by atoms with E-state index in [1.54, 1.807) is 0 Å². The summed E-state index contributed by atoms with van der Waals surface area (Å²) in [4.78, 5) is 8.50. The van der Waals surface area contributed by atoms with E-state index in [-0.39, 0.29) is 0 Å². The fourth-order valence-electron chi connectivity index (χ4n) is 1.84. The lowest BCUT2D eigenvalue weighted by Crippen LogP contribution is -2.24. The van der Waals surface area contributed by atoms with Crippen LogP contribution in [-0.4, -0.2) is 29.7 Å². The van der Waals surface area contributed by atoms with Crippen LogP contribution in [0.1, 0.15) is 18.7 Å². The highest BCUT2D eigenvalue weighted by Crippen LogP contribution is 2.16. The maximum atomic E-state index is 5.44. The number of rotatable bonds is 3. The molecule has 0 bridgehead atoms. The summed E-state index contributed by atoms with van der Waals surface area (Å²) >= 11 is 3.36. The van der Waals surface area contributed by atoms with E-state index in [0.717, 1.165) is 36.0 Å². The van der Waals surface area contributed by atoms with Gasteiger partial charge in [0.1, 0.15) is 16.2 Å². The first-order valence-electron chi connectivity index (χ1n) is 5.57. The van der Waals surface area contributed by atoms with Crippen LogP contribution < -0.4 is 5.32 Å². The molecule has 0 aromatic carbocycles. The first-order valence-corrected chi connectivity index (χ1v) is 6.36. The van der Waals surface area contributed by atoms with Gasteiger partial charge in [0.25, 0.3) is 0 Å². The van der Waals surface area contributed by atoms with Gasteiger partial charge in [-0.25, -0.2) is 9.97 Å². The molecule has 0 saturated carbocycles. The summed E-state index contributed by atoms with van der Waals surface area (Å²) in [6.45, 7) is 4.58. The Morgan fingerprint density at radius 3 is 3.12 bits per heavy atom. The zero-order chi connectivity index (χ0) is 11.4. The molecule has 4 nitrogen and oxygen atoms in total. The van der Waals surface area contributed by atoms with Crippen LogP contribution in [0.3, 0.4) is 0 Å². The molecular formula is C11H16BrN3O. The molecule has 1 atom stereocenters. The number of ether oxygens (including phenoxy) is 1. The van der Waals surface area contributed by atoms with Gasteiger partial charge in [-0.05, 0) is 41.6 Å². The van der Waals surface area contributed by atoms with Crippen molar-refractivity contribution >= 4 is 21.7 Å². The second-order valence-corrected chi connectivity index (χ2v) is 4.90. The van der Waals surface area contributed by atoms with Gasteiger partial charge < -0.3 is 10.1 Å². The fourth-order valence-corrected chi connectivity index (χ4v) is 2.31. The van der Waals surface area contributed by atoms with Crippen LogP contribution in [0.25, 0.3) is 0 Å². The molecule has 1 saturated heterocycles. The van der Waals surface area contributed by atoms with Gasteiger partial charge in [0.05, 0.1) is 6.61 Å². The van der Waals surface area contributed by atoms with Gasteiger partial charge in [-0.3, -0.25) is 0 Å². The molecule has 0 amide bonds. The van der Waals surface area contributed by atoms with Gasteiger partial charge in [0, 0.05) is 19.2 Å². The molecule has 1 aromatic rings. The van der Waals surface area contributed by atoms with E-state index in [1.807, 2.05) is 13.0 Å². The van der Waals surface area contributed by atoms with Crippen molar-refractivity contribution in [3.05, 3.63) is 16.5 Å². The molecule has 1 unspecified atom stereocenters. The highest BCUT2D eigenvalue weighted by molar-refractivity contribution is 9.10. The minimum atomic E-state index is 0.600. The predicted octanol–water partition coefficient (Wildman–Crippen LogP) is 2.39. The second-order valence-electron chi connectivity index (χ2n) is 4.09. The summed E-state index contributed by atoms with van der Waals surface area (Å²) < 4.78 is 6.26. The maximum absolute atomic E-state index is 5.44. The summed E-state index contributed by atoms with van der Waals surface area (Å²) in [5.41, 5.74) is 0. The van der Waals surface area contributed by atoms with E-state index in [2.05, 4.69) is 31.2 Å². The number of aryl methyl sites for hydroxylation is 1. The summed E-state index contributed by atoms with van der Waals surface area (Å²) in [6.07, 6.45) is 2.40. The Labute approximate surface area is 104 Å². The minimum absolute atomic E-state index is 0.600. The topological polar surface area (TPSA) is 47.0 Å². The van der Waals surface area contributed by atoms with Crippen molar-refractivity contribution in [3.8, 4) is 0 Å². The Kier molecular flexibility index (Phi) is 4.12. The predicted molar refractivity (Wildman–Crippen MR) is 66.5 cm³/mol. The van der Waals surface area contributed by atoms with Crippen LogP contribution in [0.2, 0.25) is 0 Å². The zero-order valence-electron chi connectivity index (χ0n) is 9.37.